The van der Waals surface area contributed by atoms with Crippen LogP contribution in [0.4, 0.5) is 0 Å². The van der Waals surface area contributed by atoms with E-state index < -0.39 is 0 Å². The average molecular weight is 283 g/mol. The molecule has 2 aromatic rings. The first kappa shape index (κ1) is 11.2. The van der Waals surface area contributed by atoms with Gasteiger partial charge in [0.15, 0.2) is 0 Å². The molecule has 15 heavy (non-hydrogen) atoms. The smallest absolute Gasteiger partial charge is 0.0377 e. The first-order valence-electron chi connectivity index (χ1n) is 5.28. The number of fused-ring (bicyclic) bond motifs is 1. The SMILES string of the molecule is CC(Br)CC(C)c1cccc2ccsc12. The third-order valence-corrected chi connectivity index (χ3v) is 4.07. The van der Waals surface area contributed by atoms with Crippen molar-refractivity contribution in [1.82, 2.24) is 0 Å². The summed E-state index contributed by atoms with van der Waals surface area (Å²) in [5.41, 5.74) is 1.49. The van der Waals surface area contributed by atoms with Crippen molar-refractivity contribution < 1.29 is 0 Å². The molecular weight excluding hydrogens is 268 g/mol. The van der Waals surface area contributed by atoms with Gasteiger partial charge in [-0.2, -0.15) is 0 Å². The standard InChI is InChI=1S/C13H15BrS/c1-9(8-10(2)14)12-5-3-4-11-6-7-15-13(11)12/h3-7,9-10H,8H2,1-2H3. The second-order valence-corrected chi connectivity index (χ2v) is 6.58. The molecule has 2 unspecified atom stereocenters. The number of alkyl halides is 1. The predicted octanol–water partition coefficient (Wildman–Crippen LogP) is 5.18. The van der Waals surface area contributed by atoms with Crippen molar-refractivity contribution in [2.24, 2.45) is 0 Å². The van der Waals surface area contributed by atoms with Gasteiger partial charge in [-0.3, -0.25) is 0 Å². The average Bonchev–Trinajstić information content (AvgIpc) is 2.63. The summed E-state index contributed by atoms with van der Waals surface area (Å²) in [5, 5.41) is 3.56. The molecule has 0 aliphatic rings. The molecule has 0 saturated heterocycles. The van der Waals surface area contributed by atoms with E-state index >= 15 is 0 Å². The van der Waals surface area contributed by atoms with Gasteiger partial charge in [0, 0.05) is 9.53 Å². The highest BCUT2D eigenvalue weighted by Crippen LogP contribution is 2.32. The van der Waals surface area contributed by atoms with Crippen LogP contribution in [-0.4, -0.2) is 4.83 Å². The Morgan fingerprint density at radius 1 is 1.27 bits per heavy atom. The molecule has 1 aromatic carbocycles. The molecule has 80 valence electrons. The second-order valence-electron chi connectivity index (χ2n) is 4.10. The molecule has 0 aliphatic carbocycles. The van der Waals surface area contributed by atoms with Gasteiger partial charge in [-0.1, -0.05) is 48.0 Å². The fraction of sp³-hybridized carbons (Fsp3) is 0.385. The van der Waals surface area contributed by atoms with Gasteiger partial charge >= 0.3 is 0 Å². The van der Waals surface area contributed by atoms with Gasteiger partial charge in [-0.25, -0.2) is 0 Å². The number of benzene rings is 1. The second kappa shape index (κ2) is 4.67. The number of rotatable bonds is 3. The van der Waals surface area contributed by atoms with Gasteiger partial charge < -0.3 is 0 Å². The van der Waals surface area contributed by atoms with E-state index in [-0.39, 0.29) is 0 Å². The largest absolute Gasteiger partial charge is 0.144 e. The lowest BCUT2D eigenvalue weighted by atomic mass is 9.96. The maximum Gasteiger partial charge on any atom is 0.0377 e. The lowest BCUT2D eigenvalue weighted by Gasteiger charge is -2.14. The zero-order valence-corrected chi connectivity index (χ0v) is 11.4. The Balaban J connectivity index is 2.38. The van der Waals surface area contributed by atoms with Crippen molar-refractivity contribution in [3.63, 3.8) is 0 Å². The minimum Gasteiger partial charge on any atom is -0.144 e. The van der Waals surface area contributed by atoms with Gasteiger partial charge in [-0.05, 0) is 34.7 Å². The van der Waals surface area contributed by atoms with Crippen molar-refractivity contribution in [1.29, 1.82) is 0 Å². The molecule has 0 nitrogen and oxygen atoms in total. The van der Waals surface area contributed by atoms with E-state index in [0.717, 1.165) is 0 Å². The third-order valence-electron chi connectivity index (χ3n) is 2.72. The molecule has 2 heteroatoms. The number of thiophene rings is 1. The Kier molecular flexibility index (Phi) is 3.47. The number of hydrogen-bond acceptors (Lipinski definition) is 1. The summed E-state index contributed by atoms with van der Waals surface area (Å²) >= 11 is 5.48. The van der Waals surface area contributed by atoms with Gasteiger partial charge in [0.2, 0.25) is 0 Å². The molecule has 0 N–H and O–H groups in total. The summed E-state index contributed by atoms with van der Waals surface area (Å²) in [6.07, 6.45) is 1.19. The van der Waals surface area contributed by atoms with Crippen LogP contribution in [0.15, 0.2) is 29.6 Å². The van der Waals surface area contributed by atoms with E-state index in [4.69, 9.17) is 0 Å². The lowest BCUT2D eigenvalue weighted by molar-refractivity contribution is 0.687. The van der Waals surface area contributed by atoms with Gasteiger partial charge in [0.1, 0.15) is 0 Å². The Hall–Kier alpha value is -0.340. The van der Waals surface area contributed by atoms with Crippen LogP contribution in [0.3, 0.4) is 0 Å². The van der Waals surface area contributed by atoms with Gasteiger partial charge in [0.25, 0.3) is 0 Å². The highest BCUT2D eigenvalue weighted by molar-refractivity contribution is 9.09. The normalized spacial score (nSPS) is 15.4. The van der Waals surface area contributed by atoms with Crippen LogP contribution in [0.1, 0.15) is 31.7 Å². The molecule has 0 saturated carbocycles. The highest BCUT2D eigenvalue weighted by atomic mass is 79.9. The summed E-state index contributed by atoms with van der Waals surface area (Å²) in [4.78, 5) is 0.586. The third kappa shape index (κ3) is 2.43. The molecule has 1 aromatic heterocycles. The molecule has 0 fully saturated rings. The van der Waals surface area contributed by atoms with Crippen LogP contribution in [0, 0.1) is 0 Å². The molecule has 2 atom stereocenters. The molecule has 0 amide bonds. The first-order chi connectivity index (χ1) is 7.18. The summed E-state index contributed by atoms with van der Waals surface area (Å²) in [5.74, 6) is 0.627. The Labute approximate surface area is 103 Å². The molecular formula is C13H15BrS. The topological polar surface area (TPSA) is 0 Å². The van der Waals surface area contributed by atoms with Crippen molar-refractivity contribution in [2.75, 3.05) is 0 Å². The van der Waals surface area contributed by atoms with E-state index in [1.165, 1.54) is 22.1 Å². The maximum atomic E-state index is 3.63. The summed E-state index contributed by atoms with van der Waals surface area (Å²) < 4.78 is 1.46. The van der Waals surface area contributed by atoms with Crippen LogP contribution in [0.25, 0.3) is 10.1 Å². The first-order valence-corrected chi connectivity index (χ1v) is 7.08. The minimum absolute atomic E-state index is 0.586. The molecule has 0 aliphatic heterocycles. The fourth-order valence-corrected chi connectivity index (χ4v) is 3.61. The maximum absolute atomic E-state index is 3.63. The van der Waals surface area contributed by atoms with E-state index in [1.54, 1.807) is 0 Å². The molecule has 0 radical (unpaired) electrons. The molecule has 0 bridgehead atoms. The van der Waals surface area contributed by atoms with E-state index in [1.807, 2.05) is 11.3 Å². The van der Waals surface area contributed by atoms with E-state index in [9.17, 15) is 0 Å². The zero-order valence-electron chi connectivity index (χ0n) is 9.03. The van der Waals surface area contributed by atoms with Crippen LogP contribution >= 0.6 is 27.3 Å². The summed E-state index contributed by atoms with van der Waals surface area (Å²) in [7, 11) is 0. The Morgan fingerprint density at radius 2 is 2.07 bits per heavy atom. The highest BCUT2D eigenvalue weighted by Gasteiger charge is 2.12. The van der Waals surface area contributed by atoms with Crippen molar-refractivity contribution >= 4 is 37.4 Å². The zero-order chi connectivity index (χ0) is 10.8. The van der Waals surface area contributed by atoms with Gasteiger partial charge in [-0.15, -0.1) is 11.3 Å². The Bertz CT molecular complexity index is 444. The van der Waals surface area contributed by atoms with Crippen molar-refractivity contribution in [3.8, 4) is 0 Å². The van der Waals surface area contributed by atoms with Gasteiger partial charge in [0.05, 0.1) is 0 Å². The summed E-state index contributed by atoms with van der Waals surface area (Å²) in [6.45, 7) is 4.53. The fourth-order valence-electron chi connectivity index (χ4n) is 2.02. The molecule has 2 rings (SSSR count). The number of hydrogen-bond donors (Lipinski definition) is 0. The van der Waals surface area contributed by atoms with Crippen LogP contribution in [0.5, 0.6) is 0 Å². The monoisotopic (exact) mass is 282 g/mol. The van der Waals surface area contributed by atoms with Crippen LogP contribution in [-0.2, 0) is 0 Å². The van der Waals surface area contributed by atoms with Crippen molar-refractivity contribution in [3.05, 3.63) is 35.2 Å². The molecule has 0 spiro atoms. The lowest BCUT2D eigenvalue weighted by Crippen LogP contribution is -2.00. The van der Waals surface area contributed by atoms with E-state index in [0.29, 0.717) is 10.7 Å². The summed E-state index contributed by atoms with van der Waals surface area (Å²) in [6, 6.07) is 8.83. The van der Waals surface area contributed by atoms with Crippen LogP contribution < -0.4 is 0 Å². The quantitative estimate of drug-likeness (QED) is 0.681. The van der Waals surface area contributed by atoms with Crippen molar-refractivity contribution in [2.45, 2.75) is 31.0 Å². The minimum atomic E-state index is 0.586. The van der Waals surface area contributed by atoms with E-state index in [2.05, 4.69) is 59.4 Å². The Morgan fingerprint density at radius 3 is 2.80 bits per heavy atom. The predicted molar refractivity (Wildman–Crippen MR) is 73.2 cm³/mol. The molecule has 1 heterocycles. The van der Waals surface area contributed by atoms with Crippen LogP contribution in [0.2, 0.25) is 0 Å². The number of halogens is 1.